The number of carbonyl (C=O) groups is 2. The van der Waals surface area contributed by atoms with E-state index in [-0.39, 0.29) is 24.7 Å². The molecule has 1 fully saturated rings. The molecule has 4 atom stereocenters. The Morgan fingerprint density at radius 1 is 1.27 bits per heavy atom. The number of ether oxygens (including phenoxy) is 3. The van der Waals surface area contributed by atoms with E-state index in [4.69, 9.17) is 23.1 Å². The Labute approximate surface area is 183 Å². The van der Waals surface area contributed by atoms with Crippen molar-refractivity contribution in [2.75, 3.05) is 20.3 Å². The molecule has 1 rings (SSSR count). The van der Waals surface area contributed by atoms with Gasteiger partial charge in [0.15, 0.2) is 29.0 Å². The van der Waals surface area contributed by atoms with Crippen LogP contribution in [-0.4, -0.2) is 73.4 Å². The Kier molecular flexibility index (Phi) is 9.28. The molecule has 1 aliphatic rings. The highest BCUT2D eigenvalue weighted by atomic mass is 28.4. The molecular weight excluding hydrogens is 422 g/mol. The minimum atomic E-state index is -2.19. The molecule has 0 aromatic carbocycles. The van der Waals surface area contributed by atoms with Crippen LogP contribution in [0.2, 0.25) is 37.8 Å². The third-order valence-electron chi connectivity index (χ3n) is 5.75. The Morgan fingerprint density at radius 3 is 2.30 bits per heavy atom. The first-order chi connectivity index (χ1) is 13.6. The average Bonchev–Trinajstić information content (AvgIpc) is 2.93. The van der Waals surface area contributed by atoms with Crippen molar-refractivity contribution < 1.29 is 32.7 Å². The van der Waals surface area contributed by atoms with Crippen LogP contribution in [0.1, 0.15) is 34.1 Å². The fourth-order valence-electron chi connectivity index (χ4n) is 3.30. The second-order valence-electron chi connectivity index (χ2n) is 10.2. The summed E-state index contributed by atoms with van der Waals surface area (Å²) >= 11 is 0. The predicted molar refractivity (Wildman–Crippen MR) is 120 cm³/mol. The molecule has 0 saturated carbocycles. The van der Waals surface area contributed by atoms with Crippen molar-refractivity contribution in [2.24, 2.45) is 0 Å². The van der Waals surface area contributed by atoms with Crippen LogP contribution in [0.15, 0.2) is 0 Å². The van der Waals surface area contributed by atoms with E-state index in [1.165, 1.54) is 0 Å². The quantitative estimate of drug-likeness (QED) is 0.286. The molecule has 1 aliphatic heterocycles. The molecule has 0 radical (unpaired) electrons. The molecule has 1 heterocycles. The lowest BCUT2D eigenvalue weighted by Crippen LogP contribution is -2.65. The molecule has 0 aromatic heterocycles. The summed E-state index contributed by atoms with van der Waals surface area (Å²) in [5.41, 5.74) is -1.15. The van der Waals surface area contributed by atoms with Crippen LogP contribution < -0.4 is 5.32 Å². The summed E-state index contributed by atoms with van der Waals surface area (Å²) in [4.78, 5) is 24.3. The van der Waals surface area contributed by atoms with E-state index in [9.17, 15) is 9.59 Å². The van der Waals surface area contributed by atoms with Crippen LogP contribution in [0.25, 0.3) is 0 Å². The molecule has 0 aliphatic carbocycles. The lowest BCUT2D eigenvalue weighted by molar-refractivity contribution is -0.160. The summed E-state index contributed by atoms with van der Waals surface area (Å²) in [6.07, 6.45) is -0.406. The van der Waals surface area contributed by atoms with E-state index >= 15 is 0 Å². The van der Waals surface area contributed by atoms with Gasteiger partial charge < -0.3 is 28.4 Å². The van der Waals surface area contributed by atoms with Crippen LogP contribution in [0, 0.1) is 0 Å². The van der Waals surface area contributed by atoms with Crippen LogP contribution in [0.5, 0.6) is 0 Å². The molecule has 1 unspecified atom stereocenters. The lowest BCUT2D eigenvalue weighted by Gasteiger charge is -2.44. The van der Waals surface area contributed by atoms with E-state index in [0.717, 1.165) is 0 Å². The lowest BCUT2D eigenvalue weighted by atomic mass is 9.87. The molecule has 10 heteroatoms. The number of nitrogens with one attached hydrogen (secondary N) is 1. The van der Waals surface area contributed by atoms with E-state index < -0.39 is 46.6 Å². The fourth-order valence-corrected chi connectivity index (χ4v) is 5.77. The number of amides is 1. The molecule has 1 N–H and O–H groups in total. The maximum absolute atomic E-state index is 12.9. The predicted octanol–water partition coefficient (Wildman–Crippen LogP) is 3.04. The fraction of sp³-hybridized carbons (Fsp3) is 0.900. The minimum Gasteiger partial charge on any atom is -0.464 e. The Bertz CT molecular complexity index is 589. The number of hydrogen-bond acceptors (Lipinski definition) is 7. The van der Waals surface area contributed by atoms with Gasteiger partial charge in [0, 0.05) is 13.5 Å². The van der Waals surface area contributed by atoms with Gasteiger partial charge in [-0.1, -0.05) is 20.8 Å². The standard InChI is InChI=1S/C20H41NO7Si2/c1-11-25-18(23)17(21-14-22)20(28-29(6,7)8)12-16(24-5)27-15(20)13-26-30(9,10)19(2,3)4/h14-17H,11-13H2,1-10H3,(H,21,22)/t15-,16?,17+,20-/m1/s1. The highest BCUT2D eigenvalue weighted by Gasteiger charge is 2.59. The van der Waals surface area contributed by atoms with Gasteiger partial charge in [0.1, 0.15) is 11.7 Å². The molecule has 0 aromatic rings. The summed E-state index contributed by atoms with van der Waals surface area (Å²) in [6, 6.07) is -1.03. The molecule has 176 valence electrons. The van der Waals surface area contributed by atoms with Crippen molar-refractivity contribution >= 4 is 29.0 Å². The first kappa shape index (κ1) is 27.2. The molecule has 30 heavy (non-hydrogen) atoms. The van der Waals surface area contributed by atoms with Crippen molar-refractivity contribution in [1.29, 1.82) is 0 Å². The second kappa shape index (κ2) is 10.2. The van der Waals surface area contributed by atoms with Crippen molar-refractivity contribution in [3.8, 4) is 0 Å². The van der Waals surface area contributed by atoms with Crippen molar-refractivity contribution in [2.45, 2.75) is 95.9 Å². The van der Waals surface area contributed by atoms with Crippen molar-refractivity contribution in [3.63, 3.8) is 0 Å². The summed E-state index contributed by atoms with van der Waals surface area (Å²) in [6.45, 7) is 19.0. The largest absolute Gasteiger partial charge is 0.464 e. The third kappa shape index (κ3) is 6.60. The number of carbonyl (C=O) groups excluding carboxylic acids is 2. The number of esters is 1. The molecule has 0 spiro atoms. The molecular formula is C20H41NO7Si2. The third-order valence-corrected chi connectivity index (χ3v) is 11.2. The summed E-state index contributed by atoms with van der Waals surface area (Å²) in [5.74, 6) is -0.555. The van der Waals surface area contributed by atoms with Crippen LogP contribution in [-0.2, 0) is 32.7 Å². The van der Waals surface area contributed by atoms with Crippen LogP contribution in [0.3, 0.4) is 0 Å². The van der Waals surface area contributed by atoms with E-state index in [0.29, 0.717) is 6.41 Å². The zero-order chi connectivity index (χ0) is 23.4. The minimum absolute atomic E-state index is 0.0101. The molecule has 0 bridgehead atoms. The first-order valence-electron chi connectivity index (χ1n) is 10.5. The summed E-state index contributed by atoms with van der Waals surface area (Å²) < 4.78 is 29.9. The van der Waals surface area contributed by atoms with Gasteiger partial charge in [0.05, 0.1) is 13.2 Å². The zero-order valence-electron chi connectivity index (χ0n) is 20.3. The highest BCUT2D eigenvalue weighted by molar-refractivity contribution is 6.74. The second-order valence-corrected chi connectivity index (χ2v) is 19.4. The Morgan fingerprint density at radius 2 is 1.87 bits per heavy atom. The van der Waals surface area contributed by atoms with Gasteiger partial charge >= 0.3 is 5.97 Å². The van der Waals surface area contributed by atoms with Crippen molar-refractivity contribution in [3.05, 3.63) is 0 Å². The highest BCUT2D eigenvalue weighted by Crippen LogP contribution is 2.42. The maximum Gasteiger partial charge on any atom is 0.331 e. The average molecular weight is 464 g/mol. The smallest absolute Gasteiger partial charge is 0.331 e. The number of methoxy groups -OCH3 is 1. The SMILES string of the molecule is CCOC(=O)[C@H](NC=O)[C@@]1(O[Si](C)(C)C)CC(OC)O[C@@H]1CO[Si](C)(C)C(C)(C)C. The number of rotatable bonds is 11. The van der Waals surface area contributed by atoms with Gasteiger partial charge in [-0.15, -0.1) is 0 Å². The van der Waals surface area contributed by atoms with Gasteiger partial charge in [-0.05, 0) is 44.7 Å². The summed E-state index contributed by atoms with van der Waals surface area (Å²) in [5, 5.41) is 2.65. The Balaban J connectivity index is 3.40. The van der Waals surface area contributed by atoms with E-state index in [1.54, 1.807) is 14.0 Å². The van der Waals surface area contributed by atoms with Gasteiger partial charge in [0.25, 0.3) is 0 Å². The normalized spacial score (nSPS) is 26.3. The van der Waals surface area contributed by atoms with Crippen LogP contribution in [0.4, 0.5) is 0 Å². The maximum atomic E-state index is 12.9. The monoisotopic (exact) mass is 463 g/mol. The first-order valence-corrected chi connectivity index (χ1v) is 16.8. The van der Waals surface area contributed by atoms with Crippen molar-refractivity contribution in [1.82, 2.24) is 5.32 Å². The van der Waals surface area contributed by atoms with Gasteiger partial charge in [-0.25, -0.2) is 4.79 Å². The van der Waals surface area contributed by atoms with E-state index in [2.05, 4.69) is 39.2 Å². The topological polar surface area (TPSA) is 92.3 Å². The van der Waals surface area contributed by atoms with E-state index in [1.807, 2.05) is 19.6 Å². The Hall–Kier alpha value is -0.786. The molecule has 1 amide bonds. The van der Waals surface area contributed by atoms with Crippen LogP contribution >= 0.6 is 0 Å². The van der Waals surface area contributed by atoms with Gasteiger partial charge in [-0.3, -0.25) is 4.79 Å². The van der Waals surface area contributed by atoms with Gasteiger partial charge in [-0.2, -0.15) is 0 Å². The molecule has 8 nitrogen and oxygen atoms in total. The molecule has 1 saturated heterocycles. The zero-order valence-corrected chi connectivity index (χ0v) is 22.3. The summed E-state index contributed by atoms with van der Waals surface area (Å²) in [7, 11) is -2.74. The van der Waals surface area contributed by atoms with Gasteiger partial charge in [0.2, 0.25) is 6.41 Å². The number of hydrogen-bond donors (Lipinski definition) is 1.